The third-order valence-electron chi connectivity index (χ3n) is 3.61. The van der Waals surface area contributed by atoms with E-state index in [4.69, 9.17) is 23.2 Å². The molecule has 1 N–H and O–H groups in total. The zero-order valence-electron chi connectivity index (χ0n) is 13.3. The van der Waals surface area contributed by atoms with Gasteiger partial charge in [-0.25, -0.2) is 0 Å². The molecule has 3 rings (SSSR count). The quantitative estimate of drug-likeness (QED) is 0.662. The van der Waals surface area contributed by atoms with Gasteiger partial charge in [-0.15, -0.1) is 8.78 Å². The second kappa shape index (κ2) is 7.73. The van der Waals surface area contributed by atoms with Crippen LogP contribution in [0.1, 0.15) is 23.2 Å². The Bertz CT molecular complexity index is 796. The van der Waals surface area contributed by atoms with Crippen LogP contribution in [0.2, 0.25) is 10.0 Å². The van der Waals surface area contributed by atoms with Crippen LogP contribution in [-0.4, -0.2) is 23.8 Å². The van der Waals surface area contributed by atoms with Gasteiger partial charge in [-0.1, -0.05) is 29.3 Å². The fourth-order valence-corrected chi connectivity index (χ4v) is 2.54. The van der Waals surface area contributed by atoms with E-state index in [0.717, 1.165) is 12.8 Å². The van der Waals surface area contributed by atoms with Gasteiger partial charge in [0.2, 0.25) is 0 Å². The standard InChI is InChI=1S/C17H14Cl2F2N2O3/c18-13-7-22-8-14(19)15(13)23-16(24)11-2-1-3-12(6-11)26-17(20,21)25-9-10-4-5-10/h1-3,6-8,10H,4-5,9H2,(H,22,23,24). The maximum Gasteiger partial charge on any atom is 0.535 e. The molecule has 0 unspecified atom stereocenters. The molecule has 1 aliphatic carbocycles. The molecule has 1 amide bonds. The maximum absolute atomic E-state index is 13.7. The summed E-state index contributed by atoms with van der Waals surface area (Å²) >= 11 is 11.9. The summed E-state index contributed by atoms with van der Waals surface area (Å²) in [6, 6.07) is 5.33. The van der Waals surface area contributed by atoms with Gasteiger partial charge in [0.1, 0.15) is 5.75 Å². The number of amides is 1. The van der Waals surface area contributed by atoms with E-state index in [1.54, 1.807) is 0 Å². The summed E-state index contributed by atoms with van der Waals surface area (Å²) in [5.41, 5.74) is 0.266. The fourth-order valence-electron chi connectivity index (χ4n) is 2.08. The molecular weight excluding hydrogens is 389 g/mol. The van der Waals surface area contributed by atoms with Crippen molar-refractivity contribution in [2.24, 2.45) is 5.92 Å². The van der Waals surface area contributed by atoms with Crippen molar-refractivity contribution in [3.63, 3.8) is 0 Å². The number of nitrogens with zero attached hydrogens (tertiary/aromatic N) is 1. The van der Waals surface area contributed by atoms with E-state index >= 15 is 0 Å². The van der Waals surface area contributed by atoms with Crippen molar-refractivity contribution in [3.8, 4) is 5.75 Å². The van der Waals surface area contributed by atoms with E-state index in [9.17, 15) is 13.6 Å². The Morgan fingerprint density at radius 1 is 1.27 bits per heavy atom. The smallest absolute Gasteiger partial charge is 0.409 e. The molecule has 1 aromatic heterocycles. The van der Waals surface area contributed by atoms with Crippen LogP contribution in [0.4, 0.5) is 14.5 Å². The number of pyridine rings is 1. The van der Waals surface area contributed by atoms with Crippen LogP contribution in [0.5, 0.6) is 5.75 Å². The monoisotopic (exact) mass is 402 g/mol. The summed E-state index contributed by atoms with van der Waals surface area (Å²) in [5.74, 6) is -0.630. The Balaban J connectivity index is 1.68. The number of halogens is 4. The van der Waals surface area contributed by atoms with Crippen molar-refractivity contribution in [3.05, 3.63) is 52.3 Å². The Kier molecular flexibility index (Phi) is 5.60. The SMILES string of the molecule is O=C(Nc1c(Cl)cncc1Cl)c1cccc(OC(F)(F)OCC2CC2)c1. The molecule has 0 atom stereocenters. The summed E-state index contributed by atoms with van der Waals surface area (Å²) in [6.07, 6.45) is 0.633. The predicted molar refractivity (Wildman–Crippen MR) is 92.9 cm³/mol. The van der Waals surface area contributed by atoms with Crippen LogP contribution in [0.25, 0.3) is 0 Å². The van der Waals surface area contributed by atoms with Crippen LogP contribution in [0.3, 0.4) is 0 Å². The second-order valence-corrected chi connectivity index (χ2v) is 6.59. The molecule has 1 saturated carbocycles. The molecule has 0 spiro atoms. The van der Waals surface area contributed by atoms with Gasteiger partial charge in [0.05, 0.1) is 22.3 Å². The number of carbonyl (C=O) groups excluding carboxylic acids is 1. The number of alkyl halides is 2. The number of aromatic nitrogens is 1. The summed E-state index contributed by atoms with van der Waals surface area (Å²) in [7, 11) is 0. The Morgan fingerprint density at radius 3 is 2.62 bits per heavy atom. The Hall–Kier alpha value is -1.96. The fraction of sp³-hybridized carbons (Fsp3) is 0.294. The molecule has 2 aromatic rings. The Labute approximate surface area is 158 Å². The van der Waals surface area contributed by atoms with E-state index in [-0.39, 0.29) is 39.6 Å². The molecule has 0 aliphatic heterocycles. The molecule has 1 aliphatic rings. The number of ether oxygens (including phenoxy) is 2. The minimum absolute atomic E-state index is 0.0633. The first-order valence-corrected chi connectivity index (χ1v) is 8.51. The van der Waals surface area contributed by atoms with Crippen molar-refractivity contribution >= 4 is 34.8 Å². The number of anilines is 1. The third kappa shape index (κ3) is 5.03. The second-order valence-electron chi connectivity index (χ2n) is 5.78. The van der Waals surface area contributed by atoms with Gasteiger partial charge >= 0.3 is 6.29 Å². The minimum atomic E-state index is -3.77. The average molecular weight is 403 g/mol. The van der Waals surface area contributed by atoms with Gasteiger partial charge in [0.15, 0.2) is 0 Å². The molecule has 1 heterocycles. The van der Waals surface area contributed by atoms with E-state index < -0.39 is 12.2 Å². The molecule has 26 heavy (non-hydrogen) atoms. The zero-order chi connectivity index (χ0) is 18.7. The Morgan fingerprint density at radius 2 is 1.96 bits per heavy atom. The van der Waals surface area contributed by atoms with Crippen LogP contribution in [-0.2, 0) is 4.74 Å². The van der Waals surface area contributed by atoms with E-state index in [1.165, 1.54) is 36.7 Å². The van der Waals surface area contributed by atoms with Gasteiger partial charge in [-0.3, -0.25) is 14.5 Å². The van der Waals surface area contributed by atoms with Crippen molar-refractivity contribution in [2.75, 3.05) is 11.9 Å². The molecule has 0 radical (unpaired) electrons. The van der Waals surface area contributed by atoms with Crippen LogP contribution < -0.4 is 10.1 Å². The topological polar surface area (TPSA) is 60.5 Å². The summed E-state index contributed by atoms with van der Waals surface area (Å²) in [4.78, 5) is 16.1. The van der Waals surface area contributed by atoms with Crippen LogP contribution in [0.15, 0.2) is 36.7 Å². The molecule has 9 heteroatoms. The van der Waals surface area contributed by atoms with Gasteiger partial charge in [0.25, 0.3) is 5.91 Å². The average Bonchev–Trinajstić information content (AvgIpc) is 3.41. The first-order valence-electron chi connectivity index (χ1n) is 7.75. The van der Waals surface area contributed by atoms with E-state index in [0.29, 0.717) is 0 Å². The molecule has 1 fully saturated rings. The number of benzene rings is 1. The van der Waals surface area contributed by atoms with Crippen molar-refractivity contribution in [1.29, 1.82) is 0 Å². The lowest BCUT2D eigenvalue weighted by Crippen LogP contribution is -2.29. The molecule has 138 valence electrons. The lowest BCUT2D eigenvalue weighted by atomic mass is 10.2. The first kappa shape index (κ1) is 18.8. The third-order valence-corrected chi connectivity index (χ3v) is 4.18. The van der Waals surface area contributed by atoms with Crippen molar-refractivity contribution in [1.82, 2.24) is 4.98 Å². The first-order chi connectivity index (χ1) is 12.3. The van der Waals surface area contributed by atoms with E-state index in [1.807, 2.05) is 0 Å². The number of hydrogen-bond donors (Lipinski definition) is 1. The summed E-state index contributed by atoms with van der Waals surface area (Å²) in [5, 5.41) is 2.82. The lowest BCUT2D eigenvalue weighted by Gasteiger charge is -2.17. The predicted octanol–water partition coefficient (Wildman–Crippen LogP) is 5.00. The largest absolute Gasteiger partial charge is 0.535 e. The van der Waals surface area contributed by atoms with Crippen LogP contribution >= 0.6 is 23.2 Å². The number of hydrogen-bond acceptors (Lipinski definition) is 4. The highest BCUT2D eigenvalue weighted by molar-refractivity contribution is 6.39. The summed E-state index contributed by atoms with van der Waals surface area (Å²) < 4.78 is 36.5. The minimum Gasteiger partial charge on any atom is -0.409 e. The molecule has 0 saturated heterocycles. The highest BCUT2D eigenvalue weighted by atomic mass is 35.5. The normalized spacial score (nSPS) is 14.2. The number of nitrogens with one attached hydrogen (secondary N) is 1. The lowest BCUT2D eigenvalue weighted by molar-refractivity contribution is -0.354. The molecule has 0 bridgehead atoms. The van der Waals surface area contributed by atoms with Gasteiger partial charge < -0.3 is 10.1 Å². The van der Waals surface area contributed by atoms with Crippen molar-refractivity contribution < 1.29 is 23.0 Å². The van der Waals surface area contributed by atoms with Gasteiger partial charge in [-0.2, -0.15) is 0 Å². The molecule has 1 aromatic carbocycles. The highest BCUT2D eigenvalue weighted by Gasteiger charge is 2.36. The summed E-state index contributed by atoms with van der Waals surface area (Å²) in [6.45, 7) is -0.0633. The van der Waals surface area contributed by atoms with Crippen LogP contribution in [0, 0.1) is 5.92 Å². The molecule has 5 nitrogen and oxygen atoms in total. The maximum atomic E-state index is 13.7. The van der Waals surface area contributed by atoms with E-state index in [2.05, 4.69) is 19.8 Å². The van der Waals surface area contributed by atoms with Crippen molar-refractivity contribution in [2.45, 2.75) is 19.1 Å². The highest BCUT2D eigenvalue weighted by Crippen LogP contribution is 2.32. The number of rotatable bonds is 7. The van der Waals surface area contributed by atoms with Gasteiger partial charge in [-0.05, 0) is 37.0 Å². The molecular formula is C17H14Cl2F2N2O3. The number of carbonyl (C=O) groups is 1. The van der Waals surface area contributed by atoms with Gasteiger partial charge in [0, 0.05) is 18.0 Å². The zero-order valence-corrected chi connectivity index (χ0v) is 14.9.